The van der Waals surface area contributed by atoms with Crippen molar-refractivity contribution in [2.75, 3.05) is 0 Å². The molecule has 0 fully saturated rings. The quantitative estimate of drug-likeness (QED) is 0.829. The van der Waals surface area contributed by atoms with E-state index in [1.165, 1.54) is 18.6 Å². The molecule has 5 nitrogen and oxygen atoms in total. The summed E-state index contributed by atoms with van der Waals surface area (Å²) in [5.74, 6) is 0. The number of aromatic nitrogens is 4. The molecule has 0 aliphatic heterocycles. The Bertz CT molecular complexity index is 572. The third-order valence-electron chi connectivity index (χ3n) is 2.37. The molecule has 0 aliphatic rings. The third-order valence-corrected chi connectivity index (χ3v) is 3.41. The summed E-state index contributed by atoms with van der Waals surface area (Å²) < 4.78 is 4.24. The van der Waals surface area contributed by atoms with E-state index < -0.39 is 0 Å². The molecule has 0 N–H and O–H groups in total. The molecule has 2 aromatic rings. The summed E-state index contributed by atoms with van der Waals surface area (Å²) in [5, 5.41) is 4.27. The zero-order valence-electron chi connectivity index (χ0n) is 9.01. The molecule has 0 aromatic carbocycles. The van der Waals surface area contributed by atoms with Crippen molar-refractivity contribution in [3.63, 3.8) is 0 Å². The molecule has 0 spiro atoms. The number of hydrogen-bond acceptors (Lipinski definition) is 3. The van der Waals surface area contributed by atoms with Crippen LogP contribution in [0.3, 0.4) is 0 Å². The molecule has 0 amide bonds. The molecule has 6 heteroatoms. The molecule has 0 saturated heterocycles. The van der Waals surface area contributed by atoms with E-state index in [0.29, 0.717) is 6.54 Å². The summed E-state index contributed by atoms with van der Waals surface area (Å²) in [7, 11) is 1.86. The summed E-state index contributed by atoms with van der Waals surface area (Å²) in [6.45, 7) is 2.38. The van der Waals surface area contributed by atoms with E-state index in [-0.39, 0.29) is 5.56 Å². The van der Waals surface area contributed by atoms with Gasteiger partial charge in [-0.05, 0) is 22.9 Å². The normalized spacial score (nSPS) is 10.7. The molecule has 2 aromatic heterocycles. The van der Waals surface area contributed by atoms with Gasteiger partial charge in [0, 0.05) is 19.3 Å². The van der Waals surface area contributed by atoms with Crippen molar-refractivity contribution < 1.29 is 0 Å². The number of nitrogens with zero attached hydrogens (tertiary/aromatic N) is 4. The van der Waals surface area contributed by atoms with Crippen molar-refractivity contribution in [2.45, 2.75) is 13.5 Å². The van der Waals surface area contributed by atoms with Gasteiger partial charge in [-0.3, -0.25) is 14.0 Å². The van der Waals surface area contributed by atoms with Crippen LogP contribution < -0.4 is 5.56 Å². The maximum absolute atomic E-state index is 11.5. The number of rotatable bonds is 2. The highest BCUT2D eigenvalue weighted by Gasteiger charge is 2.11. The van der Waals surface area contributed by atoms with Crippen LogP contribution in [0.1, 0.15) is 11.4 Å². The number of hydrogen-bond donors (Lipinski definition) is 0. The Morgan fingerprint density at radius 3 is 2.81 bits per heavy atom. The van der Waals surface area contributed by atoms with Crippen LogP contribution in [-0.2, 0) is 13.6 Å². The van der Waals surface area contributed by atoms with E-state index in [1.807, 2.05) is 14.0 Å². The van der Waals surface area contributed by atoms with Crippen molar-refractivity contribution in [1.29, 1.82) is 0 Å². The molecule has 2 rings (SSSR count). The van der Waals surface area contributed by atoms with Gasteiger partial charge < -0.3 is 0 Å². The van der Waals surface area contributed by atoms with Gasteiger partial charge in [-0.1, -0.05) is 0 Å². The fourth-order valence-corrected chi connectivity index (χ4v) is 1.97. The molecular formula is C10H11BrN4O. The van der Waals surface area contributed by atoms with Gasteiger partial charge in [-0.15, -0.1) is 0 Å². The van der Waals surface area contributed by atoms with Crippen LogP contribution in [0, 0.1) is 6.92 Å². The Morgan fingerprint density at radius 1 is 1.50 bits per heavy atom. The molecular weight excluding hydrogens is 272 g/mol. The van der Waals surface area contributed by atoms with Crippen molar-refractivity contribution in [3.05, 3.63) is 44.8 Å². The Balaban J connectivity index is 2.42. The van der Waals surface area contributed by atoms with Crippen LogP contribution >= 0.6 is 15.9 Å². The van der Waals surface area contributed by atoms with Crippen LogP contribution in [0.2, 0.25) is 0 Å². The monoisotopic (exact) mass is 282 g/mol. The van der Waals surface area contributed by atoms with Gasteiger partial charge in [0.25, 0.3) is 5.56 Å². The Morgan fingerprint density at radius 2 is 2.25 bits per heavy atom. The van der Waals surface area contributed by atoms with Gasteiger partial charge in [0.2, 0.25) is 0 Å². The van der Waals surface area contributed by atoms with Crippen LogP contribution in [0.15, 0.2) is 27.9 Å². The van der Waals surface area contributed by atoms with E-state index in [2.05, 4.69) is 26.0 Å². The van der Waals surface area contributed by atoms with Crippen LogP contribution in [0.5, 0.6) is 0 Å². The van der Waals surface area contributed by atoms with Gasteiger partial charge in [0.15, 0.2) is 0 Å². The van der Waals surface area contributed by atoms with Crippen molar-refractivity contribution in [3.8, 4) is 0 Å². The summed E-state index contributed by atoms with van der Waals surface area (Å²) in [4.78, 5) is 15.5. The lowest BCUT2D eigenvalue weighted by molar-refractivity contribution is 0.642. The van der Waals surface area contributed by atoms with Gasteiger partial charge in [0.05, 0.1) is 28.7 Å². The van der Waals surface area contributed by atoms with Gasteiger partial charge in [-0.25, -0.2) is 4.98 Å². The number of aryl methyl sites for hydroxylation is 2. The molecule has 16 heavy (non-hydrogen) atoms. The zero-order chi connectivity index (χ0) is 11.7. The van der Waals surface area contributed by atoms with Gasteiger partial charge in [-0.2, -0.15) is 5.10 Å². The number of halogens is 1. The third kappa shape index (κ3) is 1.92. The van der Waals surface area contributed by atoms with Gasteiger partial charge >= 0.3 is 0 Å². The molecule has 0 atom stereocenters. The fraction of sp³-hybridized carbons (Fsp3) is 0.300. The minimum atomic E-state index is -0.0687. The summed E-state index contributed by atoms with van der Waals surface area (Å²) in [6, 6.07) is 1.44. The second-order valence-electron chi connectivity index (χ2n) is 3.52. The largest absolute Gasteiger partial charge is 0.293 e. The maximum Gasteiger partial charge on any atom is 0.253 e. The summed E-state index contributed by atoms with van der Waals surface area (Å²) >= 11 is 3.46. The predicted octanol–water partition coefficient (Wildman–Crippen LogP) is 1.10. The maximum atomic E-state index is 11.5. The van der Waals surface area contributed by atoms with E-state index in [0.717, 1.165) is 15.9 Å². The molecule has 0 saturated carbocycles. The molecule has 0 bridgehead atoms. The second-order valence-corrected chi connectivity index (χ2v) is 4.31. The molecule has 2 heterocycles. The first kappa shape index (κ1) is 11.1. The second kappa shape index (κ2) is 4.21. The van der Waals surface area contributed by atoms with Crippen molar-refractivity contribution in [2.24, 2.45) is 7.05 Å². The Hall–Kier alpha value is -1.43. The Kier molecular flexibility index (Phi) is 2.91. The molecule has 0 radical (unpaired) electrons. The standard InChI is InChI=1S/C10H11BrN4O/c1-7-10(11)8(14(2)13-7)5-15-6-12-4-3-9(15)16/h3-4,6H,5H2,1-2H3. The van der Waals surface area contributed by atoms with Crippen LogP contribution in [-0.4, -0.2) is 19.3 Å². The summed E-state index contributed by atoms with van der Waals surface area (Å²) in [5.41, 5.74) is 1.79. The zero-order valence-corrected chi connectivity index (χ0v) is 10.6. The highest BCUT2D eigenvalue weighted by Crippen LogP contribution is 2.20. The lowest BCUT2D eigenvalue weighted by Crippen LogP contribution is -2.20. The molecule has 0 aliphatic carbocycles. The highest BCUT2D eigenvalue weighted by molar-refractivity contribution is 9.10. The fourth-order valence-electron chi connectivity index (χ4n) is 1.51. The van der Waals surface area contributed by atoms with E-state index in [9.17, 15) is 4.79 Å². The first-order chi connectivity index (χ1) is 7.59. The average Bonchev–Trinajstić information content (AvgIpc) is 2.48. The average molecular weight is 283 g/mol. The van der Waals surface area contributed by atoms with Crippen molar-refractivity contribution in [1.82, 2.24) is 19.3 Å². The molecule has 84 valence electrons. The SMILES string of the molecule is Cc1nn(C)c(Cn2cnccc2=O)c1Br. The van der Waals surface area contributed by atoms with Crippen LogP contribution in [0.4, 0.5) is 0 Å². The highest BCUT2D eigenvalue weighted by atomic mass is 79.9. The smallest absolute Gasteiger partial charge is 0.253 e. The first-order valence-corrected chi connectivity index (χ1v) is 5.57. The van der Waals surface area contributed by atoms with Crippen LogP contribution in [0.25, 0.3) is 0 Å². The lowest BCUT2D eigenvalue weighted by atomic mass is 10.3. The first-order valence-electron chi connectivity index (χ1n) is 4.78. The van der Waals surface area contributed by atoms with E-state index in [1.54, 1.807) is 9.25 Å². The minimum absolute atomic E-state index is 0.0687. The predicted molar refractivity (Wildman–Crippen MR) is 63.2 cm³/mol. The Labute approximate surface area is 101 Å². The molecule has 0 unspecified atom stereocenters. The van der Waals surface area contributed by atoms with E-state index in [4.69, 9.17) is 0 Å². The van der Waals surface area contributed by atoms with Crippen molar-refractivity contribution >= 4 is 15.9 Å². The minimum Gasteiger partial charge on any atom is -0.293 e. The van der Waals surface area contributed by atoms with E-state index >= 15 is 0 Å². The lowest BCUT2D eigenvalue weighted by Gasteiger charge is -2.05. The summed E-state index contributed by atoms with van der Waals surface area (Å²) in [6.07, 6.45) is 3.01. The van der Waals surface area contributed by atoms with Gasteiger partial charge in [0.1, 0.15) is 0 Å². The topological polar surface area (TPSA) is 52.7 Å².